The number of halogens is 5. The molecule has 0 aliphatic heterocycles. The van der Waals surface area contributed by atoms with E-state index >= 15 is 0 Å². The van der Waals surface area contributed by atoms with Crippen LogP contribution in [0.5, 0.6) is 0 Å². The molecule has 0 aliphatic carbocycles. The molecule has 1 atom stereocenters. The lowest BCUT2D eigenvalue weighted by molar-refractivity contribution is 0.592. The maximum atomic E-state index is 13.7. The molecule has 0 nitrogen and oxygen atoms in total. The molecule has 0 saturated carbocycles. The smallest absolute Gasteiger partial charge is 0.129 e. The molecule has 2 aromatic carbocycles. The van der Waals surface area contributed by atoms with Gasteiger partial charge in [-0.05, 0) is 30.7 Å². The molecule has 0 aliphatic rings. The van der Waals surface area contributed by atoms with Crippen LogP contribution in [-0.2, 0) is 6.42 Å². The summed E-state index contributed by atoms with van der Waals surface area (Å²) in [6.45, 7) is 0. The number of benzene rings is 2. The fraction of sp³-hybridized carbons (Fsp3) is 0.143. The monoisotopic (exact) mass is 320 g/mol. The van der Waals surface area contributed by atoms with Crippen molar-refractivity contribution in [1.82, 2.24) is 0 Å². The Hall–Kier alpha value is -0.830. The third kappa shape index (κ3) is 3.38. The van der Waals surface area contributed by atoms with Gasteiger partial charge in [0, 0.05) is 21.2 Å². The van der Waals surface area contributed by atoms with Crippen molar-refractivity contribution >= 4 is 34.8 Å². The lowest BCUT2D eigenvalue weighted by atomic mass is 10.0. The number of hydrogen-bond donors (Lipinski definition) is 0. The maximum Gasteiger partial charge on any atom is 0.129 e. The summed E-state index contributed by atoms with van der Waals surface area (Å²) in [5, 5.41) is -0.152. The molecular weight excluding hydrogens is 313 g/mol. The average Bonchev–Trinajstić information content (AvgIpc) is 2.33. The Bertz CT molecular complexity index is 579. The van der Waals surface area contributed by atoms with Crippen molar-refractivity contribution in [1.29, 1.82) is 0 Å². The molecular formula is C14H9Cl3F2. The molecule has 19 heavy (non-hydrogen) atoms. The summed E-state index contributed by atoms with van der Waals surface area (Å²) in [5.41, 5.74) is 0.545. The third-order valence-electron chi connectivity index (χ3n) is 2.74. The van der Waals surface area contributed by atoms with Gasteiger partial charge in [-0.3, -0.25) is 0 Å². The lowest BCUT2D eigenvalue weighted by Crippen LogP contribution is -2.01. The third-order valence-corrected chi connectivity index (χ3v) is 3.72. The van der Waals surface area contributed by atoms with Gasteiger partial charge in [-0.2, -0.15) is 0 Å². The summed E-state index contributed by atoms with van der Waals surface area (Å²) in [5.74, 6) is -0.965. The summed E-state index contributed by atoms with van der Waals surface area (Å²) < 4.78 is 27.3. The largest absolute Gasteiger partial charge is 0.207 e. The Morgan fingerprint density at radius 2 is 1.74 bits per heavy atom. The summed E-state index contributed by atoms with van der Waals surface area (Å²) in [7, 11) is 0. The SMILES string of the molecule is Fc1cc(Cl)ccc1C(Cl)Cc1c(F)cccc1Cl. The molecule has 0 aromatic heterocycles. The average molecular weight is 322 g/mol. The number of alkyl halides is 1. The van der Waals surface area contributed by atoms with E-state index in [4.69, 9.17) is 34.8 Å². The van der Waals surface area contributed by atoms with E-state index in [9.17, 15) is 8.78 Å². The molecule has 0 bridgehead atoms. The zero-order valence-corrected chi connectivity index (χ0v) is 11.9. The molecule has 5 heteroatoms. The Labute approximate surface area is 124 Å². The minimum atomic E-state index is -0.716. The van der Waals surface area contributed by atoms with E-state index in [1.165, 1.54) is 30.3 Å². The molecule has 2 aromatic rings. The van der Waals surface area contributed by atoms with Crippen molar-refractivity contribution in [3.05, 3.63) is 69.2 Å². The topological polar surface area (TPSA) is 0 Å². The highest BCUT2D eigenvalue weighted by Crippen LogP contribution is 2.32. The van der Waals surface area contributed by atoms with Gasteiger partial charge in [-0.1, -0.05) is 35.3 Å². The van der Waals surface area contributed by atoms with Crippen molar-refractivity contribution in [2.45, 2.75) is 11.8 Å². The maximum absolute atomic E-state index is 13.7. The number of rotatable bonds is 3. The normalized spacial score (nSPS) is 12.5. The van der Waals surface area contributed by atoms with Crippen LogP contribution < -0.4 is 0 Å². The van der Waals surface area contributed by atoms with Crippen molar-refractivity contribution < 1.29 is 8.78 Å². The first-order valence-corrected chi connectivity index (χ1v) is 6.70. The summed E-state index contributed by atoms with van der Waals surface area (Å²) in [4.78, 5) is 0. The van der Waals surface area contributed by atoms with Crippen LogP contribution in [0.25, 0.3) is 0 Å². The Morgan fingerprint density at radius 1 is 1.00 bits per heavy atom. The predicted molar refractivity (Wildman–Crippen MR) is 75.1 cm³/mol. The van der Waals surface area contributed by atoms with Crippen LogP contribution in [-0.4, -0.2) is 0 Å². The van der Waals surface area contributed by atoms with Gasteiger partial charge in [0.25, 0.3) is 0 Å². The van der Waals surface area contributed by atoms with Crippen LogP contribution in [0, 0.1) is 11.6 Å². The van der Waals surface area contributed by atoms with Gasteiger partial charge < -0.3 is 0 Å². The van der Waals surface area contributed by atoms with Gasteiger partial charge in [-0.25, -0.2) is 8.78 Å². The second-order valence-corrected chi connectivity index (χ2v) is 5.41. The first-order chi connectivity index (χ1) is 8.99. The molecule has 2 rings (SSSR count). The fourth-order valence-electron chi connectivity index (χ4n) is 1.77. The highest BCUT2D eigenvalue weighted by atomic mass is 35.5. The van der Waals surface area contributed by atoms with Crippen LogP contribution in [0.2, 0.25) is 10.0 Å². The lowest BCUT2D eigenvalue weighted by Gasteiger charge is -2.13. The molecule has 0 spiro atoms. The highest BCUT2D eigenvalue weighted by molar-refractivity contribution is 6.31. The second-order valence-electron chi connectivity index (χ2n) is 4.04. The minimum Gasteiger partial charge on any atom is -0.207 e. The molecule has 100 valence electrons. The quantitative estimate of drug-likeness (QED) is 0.627. The van der Waals surface area contributed by atoms with E-state index in [-0.39, 0.29) is 27.6 Å². The van der Waals surface area contributed by atoms with Gasteiger partial charge in [0.05, 0.1) is 5.38 Å². The molecule has 0 N–H and O–H groups in total. The molecule has 0 fully saturated rings. The highest BCUT2D eigenvalue weighted by Gasteiger charge is 2.17. The predicted octanol–water partition coefficient (Wildman–Crippen LogP) is 5.79. The van der Waals surface area contributed by atoms with Gasteiger partial charge in [-0.15, -0.1) is 11.6 Å². The van der Waals surface area contributed by atoms with Crippen LogP contribution in [0.15, 0.2) is 36.4 Å². The summed E-state index contributed by atoms with van der Waals surface area (Å²) in [6, 6.07) is 8.58. The van der Waals surface area contributed by atoms with Crippen LogP contribution in [0.1, 0.15) is 16.5 Å². The molecule has 0 heterocycles. The van der Waals surface area contributed by atoms with Crippen molar-refractivity contribution in [3.8, 4) is 0 Å². The zero-order valence-electron chi connectivity index (χ0n) is 9.64. The first-order valence-electron chi connectivity index (χ1n) is 5.51. The summed E-state index contributed by atoms with van der Waals surface area (Å²) >= 11 is 17.7. The van der Waals surface area contributed by atoms with Crippen LogP contribution >= 0.6 is 34.8 Å². The first kappa shape index (κ1) is 14.6. The molecule has 0 saturated heterocycles. The Balaban J connectivity index is 2.28. The van der Waals surface area contributed by atoms with Gasteiger partial charge in [0.2, 0.25) is 0 Å². The van der Waals surface area contributed by atoms with Gasteiger partial charge in [0.15, 0.2) is 0 Å². The van der Waals surface area contributed by atoms with E-state index in [0.29, 0.717) is 0 Å². The van der Waals surface area contributed by atoms with Crippen molar-refractivity contribution in [2.24, 2.45) is 0 Å². The Kier molecular flexibility index (Phi) is 4.67. The molecule has 1 unspecified atom stereocenters. The van der Waals surface area contributed by atoms with Gasteiger partial charge >= 0.3 is 0 Å². The van der Waals surface area contributed by atoms with E-state index in [2.05, 4.69) is 0 Å². The second kappa shape index (κ2) is 6.08. The zero-order chi connectivity index (χ0) is 14.0. The Morgan fingerprint density at radius 3 is 2.37 bits per heavy atom. The number of hydrogen-bond acceptors (Lipinski definition) is 0. The van der Waals surface area contributed by atoms with Crippen LogP contribution in [0.3, 0.4) is 0 Å². The van der Waals surface area contributed by atoms with Crippen LogP contribution in [0.4, 0.5) is 8.78 Å². The summed E-state index contributed by atoms with van der Waals surface area (Å²) in [6.07, 6.45) is 0.103. The minimum absolute atomic E-state index is 0.103. The molecule has 0 radical (unpaired) electrons. The van der Waals surface area contributed by atoms with E-state index in [0.717, 1.165) is 0 Å². The fourth-order valence-corrected chi connectivity index (χ4v) is 2.50. The van der Waals surface area contributed by atoms with E-state index < -0.39 is 17.0 Å². The van der Waals surface area contributed by atoms with Gasteiger partial charge in [0.1, 0.15) is 11.6 Å². The van der Waals surface area contributed by atoms with E-state index in [1.54, 1.807) is 6.07 Å². The van der Waals surface area contributed by atoms with Crippen molar-refractivity contribution in [3.63, 3.8) is 0 Å². The van der Waals surface area contributed by atoms with Crippen molar-refractivity contribution in [2.75, 3.05) is 0 Å². The molecule has 0 amide bonds. The standard InChI is InChI=1S/C14H9Cl3F2/c15-8-4-5-9(14(19)6-8)12(17)7-10-11(16)2-1-3-13(10)18/h1-6,12H,7H2. The van der Waals surface area contributed by atoms with E-state index in [1.807, 2.05) is 0 Å².